The second-order valence-electron chi connectivity index (χ2n) is 6.75. The lowest BCUT2D eigenvalue weighted by Crippen LogP contribution is -2.36. The van der Waals surface area contributed by atoms with E-state index in [0.29, 0.717) is 25.1 Å². The van der Waals surface area contributed by atoms with Gasteiger partial charge in [-0.05, 0) is 48.6 Å². The second kappa shape index (κ2) is 6.75. The van der Waals surface area contributed by atoms with Crippen molar-refractivity contribution in [3.63, 3.8) is 0 Å². The number of nitrogens with zero attached hydrogens (tertiary/aromatic N) is 1. The fourth-order valence-electron chi connectivity index (χ4n) is 3.11. The Labute approximate surface area is 155 Å². The SMILES string of the molecule is O=C(C1CC1)N1CCc2sc(S(=O)(=O)NCc3cccc(F)c3)cc2C1. The van der Waals surface area contributed by atoms with Crippen LogP contribution in [0.3, 0.4) is 0 Å². The molecule has 4 rings (SSSR count). The summed E-state index contributed by atoms with van der Waals surface area (Å²) < 4.78 is 41.1. The minimum atomic E-state index is -3.66. The molecule has 0 radical (unpaired) electrons. The van der Waals surface area contributed by atoms with E-state index in [1.807, 2.05) is 4.90 Å². The van der Waals surface area contributed by atoms with Gasteiger partial charge < -0.3 is 4.90 Å². The third-order valence-electron chi connectivity index (χ3n) is 4.70. The minimum absolute atomic E-state index is 0.0367. The first-order valence-electron chi connectivity index (χ1n) is 8.57. The molecule has 5 nitrogen and oxygen atoms in total. The van der Waals surface area contributed by atoms with E-state index < -0.39 is 15.8 Å². The molecule has 0 bridgehead atoms. The van der Waals surface area contributed by atoms with Crippen molar-refractivity contribution in [1.29, 1.82) is 0 Å². The third kappa shape index (κ3) is 3.67. The first kappa shape index (κ1) is 17.6. The Morgan fingerprint density at radius 2 is 2.12 bits per heavy atom. The normalized spacial score (nSPS) is 17.2. The van der Waals surface area contributed by atoms with Gasteiger partial charge in [-0.2, -0.15) is 0 Å². The summed E-state index contributed by atoms with van der Waals surface area (Å²) in [5.41, 5.74) is 1.48. The van der Waals surface area contributed by atoms with Crippen LogP contribution in [-0.2, 0) is 34.3 Å². The molecule has 2 heterocycles. The summed E-state index contributed by atoms with van der Waals surface area (Å²) in [5.74, 6) is -0.0319. The zero-order chi connectivity index (χ0) is 18.3. The molecule has 1 fully saturated rings. The fourth-order valence-corrected chi connectivity index (χ4v) is 5.72. The topological polar surface area (TPSA) is 66.5 Å². The summed E-state index contributed by atoms with van der Waals surface area (Å²) >= 11 is 1.26. The van der Waals surface area contributed by atoms with Crippen LogP contribution < -0.4 is 4.72 Å². The summed E-state index contributed by atoms with van der Waals surface area (Å²) in [6.45, 7) is 1.18. The maximum absolute atomic E-state index is 13.2. The number of benzene rings is 1. The van der Waals surface area contributed by atoms with Crippen LogP contribution >= 0.6 is 11.3 Å². The van der Waals surface area contributed by atoms with Gasteiger partial charge in [-0.15, -0.1) is 11.3 Å². The van der Waals surface area contributed by atoms with E-state index in [9.17, 15) is 17.6 Å². The summed E-state index contributed by atoms with van der Waals surface area (Å²) in [6, 6.07) is 7.52. The highest BCUT2D eigenvalue weighted by Crippen LogP contribution is 2.35. The Kier molecular flexibility index (Phi) is 4.58. The Balaban J connectivity index is 1.47. The van der Waals surface area contributed by atoms with E-state index >= 15 is 0 Å². The monoisotopic (exact) mass is 394 g/mol. The van der Waals surface area contributed by atoms with Crippen molar-refractivity contribution in [1.82, 2.24) is 9.62 Å². The summed E-state index contributed by atoms with van der Waals surface area (Å²) in [5, 5.41) is 0. The molecule has 1 aliphatic carbocycles. The van der Waals surface area contributed by atoms with Crippen molar-refractivity contribution in [2.75, 3.05) is 6.54 Å². The van der Waals surface area contributed by atoms with E-state index in [2.05, 4.69) is 4.72 Å². The number of amides is 1. The highest BCUT2D eigenvalue weighted by atomic mass is 32.2. The molecule has 0 atom stereocenters. The number of sulfonamides is 1. The predicted octanol–water partition coefficient (Wildman–Crippen LogP) is 2.66. The van der Waals surface area contributed by atoms with Crippen LogP contribution in [0.25, 0.3) is 0 Å². The van der Waals surface area contributed by atoms with Gasteiger partial charge in [-0.3, -0.25) is 4.79 Å². The van der Waals surface area contributed by atoms with E-state index in [1.165, 1.54) is 23.5 Å². The molecule has 1 aromatic carbocycles. The van der Waals surface area contributed by atoms with Gasteiger partial charge in [-0.25, -0.2) is 17.5 Å². The van der Waals surface area contributed by atoms with Crippen LogP contribution in [0.5, 0.6) is 0 Å². The molecule has 138 valence electrons. The molecule has 0 saturated heterocycles. The summed E-state index contributed by atoms with van der Waals surface area (Å²) in [4.78, 5) is 15.1. The average Bonchev–Trinajstić information content (AvgIpc) is 3.37. The maximum Gasteiger partial charge on any atom is 0.250 e. The first-order chi connectivity index (χ1) is 12.4. The number of hydrogen-bond donors (Lipinski definition) is 1. The van der Waals surface area contributed by atoms with Crippen LogP contribution in [-0.4, -0.2) is 25.8 Å². The van der Waals surface area contributed by atoms with Gasteiger partial charge in [0.2, 0.25) is 15.9 Å². The van der Waals surface area contributed by atoms with Gasteiger partial charge in [-0.1, -0.05) is 12.1 Å². The van der Waals surface area contributed by atoms with Gasteiger partial charge in [0.05, 0.1) is 0 Å². The number of hydrogen-bond acceptors (Lipinski definition) is 4. The van der Waals surface area contributed by atoms with E-state index in [0.717, 1.165) is 23.3 Å². The van der Waals surface area contributed by atoms with Crippen molar-refractivity contribution in [3.05, 3.63) is 52.2 Å². The van der Waals surface area contributed by atoms with Gasteiger partial charge >= 0.3 is 0 Å². The van der Waals surface area contributed by atoms with Gasteiger partial charge in [0.1, 0.15) is 10.0 Å². The van der Waals surface area contributed by atoms with E-state index in [-0.39, 0.29) is 22.6 Å². The standard InChI is InChI=1S/C18H19FN2O3S2/c19-15-3-1-2-12(8-15)10-20-26(23,24)17-9-14-11-21(7-6-16(14)25-17)18(22)13-4-5-13/h1-3,8-9,13,20H,4-7,10-11H2. The van der Waals surface area contributed by atoms with Crippen molar-refractivity contribution < 1.29 is 17.6 Å². The van der Waals surface area contributed by atoms with Crippen molar-refractivity contribution in [2.45, 2.75) is 36.6 Å². The molecule has 1 amide bonds. The zero-order valence-corrected chi connectivity index (χ0v) is 15.7. The number of carbonyl (C=O) groups excluding carboxylic acids is 1. The number of rotatable bonds is 5. The van der Waals surface area contributed by atoms with E-state index in [1.54, 1.807) is 18.2 Å². The highest BCUT2D eigenvalue weighted by Gasteiger charge is 2.35. The second-order valence-corrected chi connectivity index (χ2v) is 9.88. The smallest absolute Gasteiger partial charge is 0.250 e. The number of thiophene rings is 1. The lowest BCUT2D eigenvalue weighted by Gasteiger charge is -2.26. The van der Waals surface area contributed by atoms with Crippen LogP contribution in [0.15, 0.2) is 34.5 Å². The van der Waals surface area contributed by atoms with Crippen LogP contribution in [0, 0.1) is 11.7 Å². The number of nitrogens with one attached hydrogen (secondary N) is 1. The van der Waals surface area contributed by atoms with Gasteiger partial charge in [0, 0.05) is 30.4 Å². The molecule has 0 spiro atoms. The van der Waals surface area contributed by atoms with Crippen molar-refractivity contribution >= 4 is 27.3 Å². The molecule has 26 heavy (non-hydrogen) atoms. The van der Waals surface area contributed by atoms with Crippen LogP contribution in [0.4, 0.5) is 4.39 Å². The lowest BCUT2D eigenvalue weighted by atomic mass is 10.1. The number of halogens is 1. The van der Waals surface area contributed by atoms with Crippen molar-refractivity contribution in [3.8, 4) is 0 Å². The van der Waals surface area contributed by atoms with E-state index in [4.69, 9.17) is 0 Å². The van der Waals surface area contributed by atoms with Crippen LogP contribution in [0.2, 0.25) is 0 Å². The number of carbonyl (C=O) groups is 1. The molecule has 8 heteroatoms. The molecule has 0 unspecified atom stereocenters. The molecule has 2 aliphatic rings. The minimum Gasteiger partial charge on any atom is -0.338 e. The molecule has 1 N–H and O–H groups in total. The summed E-state index contributed by atoms with van der Waals surface area (Å²) in [7, 11) is -3.66. The largest absolute Gasteiger partial charge is 0.338 e. The molecule has 2 aromatic rings. The first-order valence-corrected chi connectivity index (χ1v) is 10.9. The quantitative estimate of drug-likeness (QED) is 0.848. The Bertz CT molecular complexity index is 951. The fraction of sp³-hybridized carbons (Fsp3) is 0.389. The molecular formula is C18H19FN2O3S2. The van der Waals surface area contributed by atoms with Gasteiger partial charge in [0.25, 0.3) is 0 Å². The Hall–Kier alpha value is -1.77. The maximum atomic E-state index is 13.2. The highest BCUT2D eigenvalue weighted by molar-refractivity contribution is 7.91. The summed E-state index contributed by atoms with van der Waals surface area (Å²) in [6.07, 6.45) is 2.63. The molecule has 1 aromatic heterocycles. The van der Waals surface area contributed by atoms with Crippen LogP contribution in [0.1, 0.15) is 28.8 Å². The lowest BCUT2D eigenvalue weighted by molar-refractivity contribution is -0.133. The zero-order valence-electron chi connectivity index (χ0n) is 14.1. The number of fused-ring (bicyclic) bond motifs is 1. The van der Waals surface area contributed by atoms with Gasteiger partial charge in [0.15, 0.2) is 0 Å². The average molecular weight is 394 g/mol. The Morgan fingerprint density at radius 3 is 2.85 bits per heavy atom. The molecular weight excluding hydrogens is 375 g/mol. The molecule has 1 aliphatic heterocycles. The van der Waals surface area contributed by atoms with Crippen molar-refractivity contribution in [2.24, 2.45) is 5.92 Å². The Morgan fingerprint density at radius 1 is 1.31 bits per heavy atom. The molecule has 1 saturated carbocycles. The predicted molar refractivity (Wildman–Crippen MR) is 96.6 cm³/mol. The third-order valence-corrected chi connectivity index (χ3v) is 7.81.